The number of nitrogens with zero attached hydrogens (tertiary/aromatic N) is 3. The molecule has 0 aromatic carbocycles. The third-order valence-electron chi connectivity index (χ3n) is 4.21. The van der Waals surface area contributed by atoms with E-state index in [9.17, 15) is 9.59 Å². The first-order valence-electron chi connectivity index (χ1n) is 8.88. The lowest BCUT2D eigenvalue weighted by molar-refractivity contribution is -0.131. The molecule has 2 aromatic heterocycles. The molecule has 0 bridgehead atoms. The van der Waals surface area contributed by atoms with Crippen LogP contribution in [0.2, 0.25) is 5.02 Å². The maximum Gasteiger partial charge on any atom is 0.287 e. The van der Waals surface area contributed by atoms with Gasteiger partial charge in [-0.2, -0.15) is 5.10 Å². The lowest BCUT2D eigenvalue weighted by Gasteiger charge is -2.23. The molecule has 1 unspecified atom stereocenters. The Morgan fingerprint density at radius 1 is 1.32 bits per heavy atom. The Hall–Kier alpha value is -2.80. The first-order chi connectivity index (χ1) is 13.3. The first kappa shape index (κ1) is 21.5. The molecule has 1 atom stereocenters. The van der Waals surface area contributed by atoms with E-state index in [1.807, 2.05) is 13.8 Å². The van der Waals surface area contributed by atoms with Crippen LogP contribution in [0.1, 0.15) is 34.6 Å². The predicted molar refractivity (Wildman–Crippen MR) is 108 cm³/mol. The fraction of sp³-hybridized carbons (Fsp3) is 0.350. The van der Waals surface area contributed by atoms with E-state index >= 15 is 0 Å². The predicted octanol–water partition coefficient (Wildman–Crippen LogP) is 3.11. The van der Waals surface area contributed by atoms with Gasteiger partial charge in [-0.15, -0.1) is 13.2 Å². The summed E-state index contributed by atoms with van der Waals surface area (Å²) >= 11 is 6.15. The molecule has 0 aliphatic rings. The number of hydrogen-bond donors (Lipinski definition) is 1. The number of aromatic nitrogens is 2. The topological polar surface area (TPSA) is 80.4 Å². The van der Waals surface area contributed by atoms with Crippen molar-refractivity contribution in [3.63, 3.8) is 0 Å². The van der Waals surface area contributed by atoms with Crippen LogP contribution in [0.4, 0.5) is 0 Å². The minimum absolute atomic E-state index is 0.126. The third-order valence-corrected chi connectivity index (χ3v) is 4.76. The van der Waals surface area contributed by atoms with Crippen molar-refractivity contribution in [3.8, 4) is 0 Å². The highest BCUT2D eigenvalue weighted by atomic mass is 35.5. The summed E-state index contributed by atoms with van der Waals surface area (Å²) in [6.45, 7) is 13.7. The smallest absolute Gasteiger partial charge is 0.287 e. The summed E-state index contributed by atoms with van der Waals surface area (Å²) < 4.78 is 7.33. The van der Waals surface area contributed by atoms with Crippen molar-refractivity contribution < 1.29 is 14.0 Å². The summed E-state index contributed by atoms with van der Waals surface area (Å²) in [5.41, 5.74) is 1.56. The van der Waals surface area contributed by atoms with Crippen molar-refractivity contribution in [2.75, 3.05) is 13.1 Å². The van der Waals surface area contributed by atoms with Crippen molar-refractivity contribution in [1.29, 1.82) is 0 Å². The SMILES string of the molecule is C=CCN(CC=C)C(=O)C(C)NC(=O)c1ccc(Cn2nc(C)c(Cl)c2C)o1. The minimum atomic E-state index is -0.712. The molecule has 0 saturated heterocycles. The van der Waals surface area contributed by atoms with E-state index in [0.717, 1.165) is 11.4 Å². The molecule has 28 heavy (non-hydrogen) atoms. The van der Waals surface area contributed by atoms with E-state index in [1.165, 1.54) is 0 Å². The average molecular weight is 405 g/mol. The summed E-state index contributed by atoms with van der Waals surface area (Å²) in [5, 5.41) is 7.61. The zero-order valence-electron chi connectivity index (χ0n) is 16.4. The van der Waals surface area contributed by atoms with E-state index in [1.54, 1.807) is 40.8 Å². The van der Waals surface area contributed by atoms with Crippen LogP contribution in [0, 0.1) is 13.8 Å². The molecule has 0 fully saturated rings. The molecule has 2 amide bonds. The van der Waals surface area contributed by atoms with Crippen LogP contribution in [0.3, 0.4) is 0 Å². The quantitative estimate of drug-likeness (QED) is 0.651. The largest absolute Gasteiger partial charge is 0.454 e. The molecule has 0 spiro atoms. The number of carbonyl (C=O) groups is 2. The van der Waals surface area contributed by atoms with Crippen LogP contribution in [0.15, 0.2) is 41.9 Å². The number of rotatable bonds is 9. The van der Waals surface area contributed by atoms with Gasteiger partial charge in [0.2, 0.25) is 5.91 Å². The fourth-order valence-corrected chi connectivity index (χ4v) is 2.87. The van der Waals surface area contributed by atoms with E-state index in [-0.39, 0.29) is 11.7 Å². The Labute approximate surface area is 169 Å². The van der Waals surface area contributed by atoms with Gasteiger partial charge in [0.05, 0.1) is 23.0 Å². The van der Waals surface area contributed by atoms with E-state index in [2.05, 4.69) is 23.6 Å². The number of furan rings is 1. The monoisotopic (exact) mass is 404 g/mol. The summed E-state index contributed by atoms with van der Waals surface area (Å²) in [5.74, 6) is 0.000441. The Morgan fingerprint density at radius 2 is 1.96 bits per heavy atom. The van der Waals surface area contributed by atoms with Gasteiger partial charge >= 0.3 is 0 Å². The van der Waals surface area contributed by atoms with Crippen molar-refractivity contribution in [2.45, 2.75) is 33.4 Å². The highest BCUT2D eigenvalue weighted by Gasteiger charge is 2.22. The van der Waals surface area contributed by atoms with Crippen LogP contribution in [0.25, 0.3) is 0 Å². The maximum atomic E-state index is 12.5. The Morgan fingerprint density at radius 3 is 2.50 bits per heavy atom. The van der Waals surface area contributed by atoms with Gasteiger partial charge in [0.15, 0.2) is 5.76 Å². The highest BCUT2D eigenvalue weighted by Crippen LogP contribution is 2.20. The molecule has 0 radical (unpaired) electrons. The number of aryl methyl sites for hydroxylation is 1. The van der Waals surface area contributed by atoms with E-state index < -0.39 is 11.9 Å². The standard InChI is InChI=1S/C20H25ClN4O3/c1-6-10-24(11-7-2)20(27)14(4)22-19(26)17-9-8-16(28-17)12-25-15(5)18(21)13(3)23-25/h6-9,14H,1-2,10-12H2,3-5H3,(H,22,26). The molecule has 0 aliphatic carbocycles. The fourth-order valence-electron chi connectivity index (χ4n) is 2.73. The zero-order chi connectivity index (χ0) is 20.8. The molecule has 1 N–H and O–H groups in total. The Balaban J connectivity index is 2.03. The van der Waals surface area contributed by atoms with Gasteiger partial charge in [0.1, 0.15) is 11.8 Å². The lowest BCUT2D eigenvalue weighted by atomic mass is 10.2. The van der Waals surface area contributed by atoms with Gasteiger partial charge in [-0.3, -0.25) is 14.3 Å². The van der Waals surface area contributed by atoms with Crippen molar-refractivity contribution in [2.24, 2.45) is 0 Å². The second kappa shape index (κ2) is 9.41. The van der Waals surface area contributed by atoms with Crippen LogP contribution < -0.4 is 5.32 Å². The maximum absolute atomic E-state index is 12.5. The highest BCUT2D eigenvalue weighted by molar-refractivity contribution is 6.31. The van der Waals surface area contributed by atoms with Gasteiger partial charge in [-0.1, -0.05) is 23.8 Å². The van der Waals surface area contributed by atoms with Crippen molar-refractivity contribution in [3.05, 3.63) is 65.4 Å². The van der Waals surface area contributed by atoms with Crippen molar-refractivity contribution in [1.82, 2.24) is 20.0 Å². The summed E-state index contributed by atoms with van der Waals surface area (Å²) in [7, 11) is 0. The average Bonchev–Trinajstić information content (AvgIpc) is 3.22. The summed E-state index contributed by atoms with van der Waals surface area (Å²) in [6.07, 6.45) is 3.25. The minimum Gasteiger partial charge on any atom is -0.454 e. The Bertz CT molecular complexity index is 874. The third kappa shape index (κ3) is 4.92. The van der Waals surface area contributed by atoms with E-state index in [4.69, 9.17) is 16.0 Å². The van der Waals surface area contributed by atoms with Gasteiger partial charge < -0.3 is 14.6 Å². The first-order valence-corrected chi connectivity index (χ1v) is 9.25. The van der Waals surface area contributed by atoms with E-state index in [0.29, 0.717) is 30.4 Å². The van der Waals surface area contributed by atoms with Gasteiger partial charge in [-0.25, -0.2) is 0 Å². The molecule has 0 aliphatic heterocycles. The van der Waals surface area contributed by atoms with Crippen LogP contribution in [0.5, 0.6) is 0 Å². The number of nitrogens with one attached hydrogen (secondary N) is 1. The molecule has 2 heterocycles. The lowest BCUT2D eigenvalue weighted by Crippen LogP contribution is -2.47. The van der Waals surface area contributed by atoms with Crippen LogP contribution in [-0.4, -0.2) is 45.6 Å². The molecule has 0 saturated carbocycles. The van der Waals surface area contributed by atoms with Crippen molar-refractivity contribution >= 4 is 23.4 Å². The van der Waals surface area contributed by atoms with Crippen LogP contribution in [-0.2, 0) is 11.3 Å². The van der Waals surface area contributed by atoms with Crippen LogP contribution >= 0.6 is 11.6 Å². The molecule has 2 rings (SSSR count). The Kier molecular flexibility index (Phi) is 7.23. The second-order valence-corrected chi connectivity index (χ2v) is 6.80. The number of hydrogen-bond acceptors (Lipinski definition) is 4. The molecule has 150 valence electrons. The molecular formula is C20H25ClN4O3. The molecular weight excluding hydrogens is 380 g/mol. The summed E-state index contributed by atoms with van der Waals surface area (Å²) in [6, 6.07) is 2.56. The van der Waals surface area contributed by atoms with Gasteiger partial charge in [0, 0.05) is 13.1 Å². The molecule has 7 nitrogen and oxygen atoms in total. The molecule has 8 heteroatoms. The molecule has 2 aromatic rings. The number of amides is 2. The van der Waals surface area contributed by atoms with Gasteiger partial charge in [0.25, 0.3) is 5.91 Å². The number of carbonyl (C=O) groups excluding carboxylic acids is 2. The number of halogens is 1. The summed E-state index contributed by atoms with van der Waals surface area (Å²) in [4.78, 5) is 26.4. The van der Waals surface area contributed by atoms with Gasteiger partial charge in [-0.05, 0) is 32.9 Å². The zero-order valence-corrected chi connectivity index (χ0v) is 17.1. The normalized spacial score (nSPS) is 11.7. The second-order valence-electron chi connectivity index (χ2n) is 6.42.